The van der Waals surface area contributed by atoms with Crippen LogP contribution in [0, 0.1) is 12.7 Å². The van der Waals surface area contributed by atoms with Gasteiger partial charge in [0.15, 0.2) is 0 Å². The Morgan fingerprint density at radius 1 is 1.08 bits per heavy atom. The number of halogens is 3. The maximum absolute atomic E-state index is 14.3. The number of aryl methyl sites for hydroxylation is 1. The van der Waals surface area contributed by atoms with Gasteiger partial charge in [-0.05, 0) is 67.6 Å². The van der Waals surface area contributed by atoms with Crippen LogP contribution in [0.1, 0.15) is 28.5 Å². The summed E-state index contributed by atoms with van der Waals surface area (Å²) in [5.74, 6) is -1.37. The number of amides is 1. The highest BCUT2D eigenvalue weighted by atomic mass is 79.9. The highest BCUT2D eigenvalue weighted by Gasteiger charge is 2.18. The minimum Gasteiger partial charge on any atom is -0.488 e. The van der Waals surface area contributed by atoms with Crippen LogP contribution < -0.4 is 10.1 Å². The van der Waals surface area contributed by atoms with Gasteiger partial charge in [-0.25, -0.2) is 9.18 Å². The van der Waals surface area contributed by atoms with Crippen LogP contribution in [0.25, 0.3) is 16.9 Å². The van der Waals surface area contributed by atoms with Crippen LogP contribution in [0.4, 0.5) is 10.1 Å². The van der Waals surface area contributed by atoms with Crippen LogP contribution in [-0.4, -0.2) is 21.6 Å². The van der Waals surface area contributed by atoms with Gasteiger partial charge in [-0.3, -0.25) is 4.79 Å². The number of hydrogen-bond donors (Lipinski definition) is 2. The van der Waals surface area contributed by atoms with E-state index in [4.69, 9.17) is 16.3 Å². The molecular formula is C27H21BrClFN2O4. The van der Waals surface area contributed by atoms with Gasteiger partial charge in [0.25, 0.3) is 0 Å². The van der Waals surface area contributed by atoms with E-state index in [1.54, 1.807) is 36.4 Å². The molecular weight excluding hydrogens is 551 g/mol. The van der Waals surface area contributed by atoms with Crippen molar-refractivity contribution in [3.8, 4) is 22.7 Å². The summed E-state index contributed by atoms with van der Waals surface area (Å²) in [5, 5.41) is 12.7. The Morgan fingerprint density at radius 3 is 2.56 bits per heavy atom. The fraction of sp³-hybridized carbons (Fsp3) is 0.111. The third-order valence-corrected chi connectivity index (χ3v) is 6.16. The Morgan fingerprint density at radius 2 is 1.86 bits per heavy atom. The zero-order chi connectivity index (χ0) is 26.0. The first-order chi connectivity index (χ1) is 17.1. The largest absolute Gasteiger partial charge is 0.488 e. The average molecular weight is 572 g/mol. The predicted molar refractivity (Wildman–Crippen MR) is 141 cm³/mol. The van der Waals surface area contributed by atoms with Gasteiger partial charge in [0, 0.05) is 44.6 Å². The third kappa shape index (κ3) is 5.61. The summed E-state index contributed by atoms with van der Waals surface area (Å²) in [6.07, 6.45) is 0. The van der Waals surface area contributed by atoms with Gasteiger partial charge in [-0.2, -0.15) is 0 Å². The lowest BCUT2D eigenvalue weighted by Gasteiger charge is -2.17. The lowest BCUT2D eigenvalue weighted by atomic mass is 10.1. The number of nitrogens with zero attached hydrogens (tertiary/aromatic N) is 1. The number of carbonyl (C=O) groups excluding carboxylic acids is 1. The van der Waals surface area contributed by atoms with Crippen molar-refractivity contribution < 1.29 is 23.8 Å². The Labute approximate surface area is 220 Å². The van der Waals surface area contributed by atoms with E-state index in [0.29, 0.717) is 43.4 Å². The summed E-state index contributed by atoms with van der Waals surface area (Å²) < 4.78 is 22.8. The van der Waals surface area contributed by atoms with E-state index < -0.39 is 11.8 Å². The van der Waals surface area contributed by atoms with E-state index in [9.17, 15) is 19.1 Å². The molecule has 0 aliphatic carbocycles. The van der Waals surface area contributed by atoms with E-state index in [0.717, 1.165) is 5.69 Å². The lowest BCUT2D eigenvalue weighted by Crippen LogP contribution is -2.09. The van der Waals surface area contributed by atoms with E-state index >= 15 is 0 Å². The highest BCUT2D eigenvalue weighted by Crippen LogP contribution is 2.37. The molecule has 0 fully saturated rings. The Hall–Kier alpha value is -3.62. The number of ether oxygens (including phenoxy) is 1. The topological polar surface area (TPSA) is 80.6 Å². The second-order valence-electron chi connectivity index (χ2n) is 8.12. The number of hydrogen-bond acceptors (Lipinski definition) is 3. The van der Waals surface area contributed by atoms with E-state index in [1.165, 1.54) is 25.1 Å². The minimum absolute atomic E-state index is 0.00534. The molecule has 4 aromatic rings. The first-order valence-corrected chi connectivity index (χ1v) is 12.0. The van der Waals surface area contributed by atoms with Crippen molar-refractivity contribution in [3.05, 3.63) is 98.9 Å². The molecule has 1 heterocycles. The number of nitrogens with one attached hydrogen (secondary N) is 1. The zero-order valence-electron chi connectivity index (χ0n) is 19.3. The lowest BCUT2D eigenvalue weighted by molar-refractivity contribution is -0.114. The first kappa shape index (κ1) is 25.5. The Bertz CT molecular complexity index is 1480. The summed E-state index contributed by atoms with van der Waals surface area (Å²) in [7, 11) is 0. The predicted octanol–water partition coefficient (Wildman–Crippen LogP) is 7.24. The fourth-order valence-corrected chi connectivity index (χ4v) is 4.36. The molecule has 2 N–H and O–H groups in total. The number of aromatic nitrogens is 1. The van der Waals surface area contributed by atoms with Gasteiger partial charge >= 0.3 is 5.97 Å². The molecule has 0 spiro atoms. The zero-order valence-corrected chi connectivity index (χ0v) is 21.7. The number of carbonyl (C=O) groups is 2. The molecule has 1 aromatic heterocycles. The van der Waals surface area contributed by atoms with Crippen molar-refractivity contribution in [2.24, 2.45) is 0 Å². The van der Waals surface area contributed by atoms with Crippen molar-refractivity contribution in [1.29, 1.82) is 0 Å². The molecule has 0 saturated carbocycles. The van der Waals surface area contributed by atoms with Crippen molar-refractivity contribution in [2.75, 3.05) is 5.32 Å². The van der Waals surface area contributed by atoms with Gasteiger partial charge in [0.2, 0.25) is 5.91 Å². The molecule has 36 heavy (non-hydrogen) atoms. The van der Waals surface area contributed by atoms with Crippen LogP contribution in [0.5, 0.6) is 5.75 Å². The van der Waals surface area contributed by atoms with Crippen molar-refractivity contribution in [1.82, 2.24) is 4.57 Å². The minimum atomic E-state index is -1.13. The number of carboxylic acids is 1. The van der Waals surface area contributed by atoms with E-state index in [-0.39, 0.29) is 18.1 Å². The maximum Gasteiger partial charge on any atom is 0.335 e. The Balaban J connectivity index is 1.80. The van der Waals surface area contributed by atoms with Crippen LogP contribution >= 0.6 is 27.5 Å². The van der Waals surface area contributed by atoms with Crippen molar-refractivity contribution in [2.45, 2.75) is 20.5 Å². The Kier molecular flexibility index (Phi) is 7.47. The average Bonchev–Trinajstić information content (AvgIpc) is 3.19. The number of aromatic carboxylic acids is 1. The number of benzene rings is 3. The van der Waals surface area contributed by atoms with E-state index in [1.807, 2.05) is 23.6 Å². The molecule has 0 atom stereocenters. The third-order valence-electron chi connectivity index (χ3n) is 5.44. The highest BCUT2D eigenvalue weighted by molar-refractivity contribution is 9.10. The molecule has 184 valence electrons. The van der Waals surface area contributed by atoms with Crippen LogP contribution in [0.2, 0.25) is 5.02 Å². The maximum atomic E-state index is 14.3. The molecule has 6 nitrogen and oxygen atoms in total. The van der Waals surface area contributed by atoms with Gasteiger partial charge < -0.3 is 19.7 Å². The summed E-state index contributed by atoms with van der Waals surface area (Å²) in [5.41, 5.74) is 3.41. The number of rotatable bonds is 7. The molecule has 0 bridgehead atoms. The van der Waals surface area contributed by atoms with Crippen LogP contribution in [0.3, 0.4) is 0 Å². The monoisotopic (exact) mass is 570 g/mol. The smallest absolute Gasteiger partial charge is 0.335 e. The summed E-state index contributed by atoms with van der Waals surface area (Å²) in [4.78, 5) is 23.4. The standard InChI is InChI=1S/C27H21BrClFN2O4/c1-15-3-7-25(32(15)22-10-18(27(34)35)9-21(13-22)31-16(2)33)23-12-20(29)6-8-26(23)36-14-17-4-5-19(28)11-24(17)30/h3-13H,14H2,1-2H3,(H,31,33)(H,34,35). The second kappa shape index (κ2) is 10.6. The molecule has 0 aliphatic rings. The fourth-order valence-electron chi connectivity index (χ4n) is 3.85. The van der Waals surface area contributed by atoms with Crippen molar-refractivity contribution in [3.63, 3.8) is 0 Å². The van der Waals surface area contributed by atoms with Crippen LogP contribution in [0.15, 0.2) is 71.2 Å². The molecule has 1 amide bonds. The van der Waals surface area contributed by atoms with Gasteiger partial charge in [-0.15, -0.1) is 0 Å². The molecule has 3 aromatic carbocycles. The van der Waals surface area contributed by atoms with E-state index in [2.05, 4.69) is 21.2 Å². The quantitative estimate of drug-likeness (QED) is 0.245. The molecule has 0 unspecified atom stereocenters. The summed E-state index contributed by atoms with van der Waals surface area (Å²) >= 11 is 9.57. The normalized spacial score (nSPS) is 10.8. The first-order valence-electron chi connectivity index (χ1n) is 10.8. The summed E-state index contributed by atoms with van der Waals surface area (Å²) in [6, 6.07) is 18.2. The number of anilines is 1. The van der Waals surface area contributed by atoms with Crippen LogP contribution in [-0.2, 0) is 11.4 Å². The molecule has 9 heteroatoms. The van der Waals surface area contributed by atoms with Gasteiger partial charge in [-0.1, -0.05) is 33.6 Å². The number of carboxylic acid groups (broad SMARTS) is 1. The molecule has 4 rings (SSSR count). The van der Waals surface area contributed by atoms with Gasteiger partial charge in [0.05, 0.1) is 11.3 Å². The van der Waals surface area contributed by atoms with Crippen molar-refractivity contribution >= 4 is 45.1 Å². The molecule has 0 radical (unpaired) electrons. The summed E-state index contributed by atoms with van der Waals surface area (Å²) in [6.45, 7) is 3.22. The molecule has 0 aliphatic heterocycles. The molecule has 0 saturated heterocycles. The second-order valence-corrected chi connectivity index (χ2v) is 9.47. The SMILES string of the molecule is CC(=O)Nc1cc(C(=O)O)cc(-n2c(C)ccc2-c2cc(Cl)ccc2OCc2ccc(Br)cc2F)c1. The van der Waals surface area contributed by atoms with Gasteiger partial charge in [0.1, 0.15) is 18.2 Å².